The van der Waals surface area contributed by atoms with Gasteiger partial charge in [-0.05, 0) is 66.6 Å². The maximum absolute atomic E-state index is 13.2. The van der Waals surface area contributed by atoms with Crippen molar-refractivity contribution < 1.29 is 4.79 Å². The number of anilines is 1. The molecule has 1 unspecified atom stereocenters. The number of hydrogen-bond acceptors (Lipinski definition) is 2. The predicted octanol–water partition coefficient (Wildman–Crippen LogP) is 6.58. The molecule has 3 aromatic rings. The van der Waals surface area contributed by atoms with Crippen molar-refractivity contribution in [1.82, 2.24) is 4.90 Å². The average molecular weight is 512 g/mol. The summed E-state index contributed by atoms with van der Waals surface area (Å²) in [4.78, 5) is 15.1. The van der Waals surface area contributed by atoms with Gasteiger partial charge in [0.15, 0.2) is 0 Å². The number of amides is 1. The van der Waals surface area contributed by atoms with Crippen LogP contribution in [0.3, 0.4) is 0 Å². The monoisotopic (exact) mass is 510 g/mol. The predicted molar refractivity (Wildman–Crippen MR) is 126 cm³/mol. The lowest BCUT2D eigenvalue weighted by molar-refractivity contribution is 0.0829. The second-order valence-electron chi connectivity index (χ2n) is 6.93. The highest BCUT2D eigenvalue weighted by Gasteiger charge is 2.26. The summed E-state index contributed by atoms with van der Waals surface area (Å²) in [7, 11) is 0. The van der Waals surface area contributed by atoms with Crippen molar-refractivity contribution >= 4 is 49.2 Å². The van der Waals surface area contributed by atoms with E-state index in [1.807, 2.05) is 71.6 Å². The van der Waals surface area contributed by atoms with Crippen LogP contribution in [0.4, 0.5) is 5.69 Å². The first kappa shape index (κ1) is 19.9. The van der Waals surface area contributed by atoms with Crippen LogP contribution in [0.2, 0.25) is 0 Å². The summed E-state index contributed by atoms with van der Waals surface area (Å²) < 4.78 is 2.07. The van der Waals surface area contributed by atoms with Gasteiger partial charge in [0.1, 0.15) is 0 Å². The Kier molecular flexibility index (Phi) is 6.16. The van der Waals surface area contributed by atoms with Crippen molar-refractivity contribution in [2.24, 2.45) is 0 Å². The van der Waals surface area contributed by atoms with E-state index in [2.05, 4.69) is 55.4 Å². The minimum atomic E-state index is 0.0295. The zero-order chi connectivity index (χ0) is 20.2. The van der Waals surface area contributed by atoms with E-state index in [-0.39, 0.29) is 11.9 Å². The molecule has 0 saturated carbocycles. The SMILES string of the molecule is O=C(c1ccccc1)N1CCC(Nc2ccc(Br)cc2)C=C1c1ccc(Br)cc1. The van der Waals surface area contributed by atoms with Crippen LogP contribution in [-0.4, -0.2) is 23.4 Å². The Balaban J connectivity index is 1.66. The molecule has 0 bridgehead atoms. The number of benzene rings is 3. The van der Waals surface area contributed by atoms with Crippen molar-refractivity contribution in [3.63, 3.8) is 0 Å². The van der Waals surface area contributed by atoms with E-state index in [1.165, 1.54) is 0 Å². The number of hydrogen-bond donors (Lipinski definition) is 1. The molecule has 0 aliphatic carbocycles. The molecule has 1 heterocycles. The summed E-state index contributed by atoms with van der Waals surface area (Å²) in [5.41, 5.74) is 3.73. The Morgan fingerprint density at radius 3 is 2.14 bits per heavy atom. The van der Waals surface area contributed by atoms with Crippen LogP contribution < -0.4 is 5.32 Å². The number of nitrogens with one attached hydrogen (secondary N) is 1. The Morgan fingerprint density at radius 2 is 1.48 bits per heavy atom. The van der Waals surface area contributed by atoms with E-state index < -0.39 is 0 Å². The third-order valence-corrected chi connectivity index (χ3v) is 5.97. The lowest BCUT2D eigenvalue weighted by Crippen LogP contribution is -2.38. The van der Waals surface area contributed by atoms with Crippen LogP contribution in [0, 0.1) is 0 Å². The Bertz CT molecular complexity index is 1020. The number of halogens is 2. The van der Waals surface area contributed by atoms with Gasteiger partial charge in [0.05, 0.1) is 0 Å². The highest BCUT2D eigenvalue weighted by Crippen LogP contribution is 2.29. The van der Waals surface area contributed by atoms with Gasteiger partial charge in [0.25, 0.3) is 5.91 Å². The van der Waals surface area contributed by atoms with E-state index in [0.29, 0.717) is 12.1 Å². The van der Waals surface area contributed by atoms with Gasteiger partial charge in [-0.2, -0.15) is 0 Å². The van der Waals surface area contributed by atoms with E-state index in [0.717, 1.165) is 32.3 Å². The number of nitrogens with zero attached hydrogens (tertiary/aromatic N) is 1. The number of carbonyl (C=O) groups is 1. The summed E-state index contributed by atoms with van der Waals surface area (Å²) in [6, 6.07) is 25.9. The van der Waals surface area contributed by atoms with Crippen LogP contribution in [0.15, 0.2) is 93.9 Å². The first-order chi connectivity index (χ1) is 14.1. The van der Waals surface area contributed by atoms with Gasteiger partial charge in [-0.25, -0.2) is 0 Å². The summed E-state index contributed by atoms with van der Waals surface area (Å²) >= 11 is 6.97. The smallest absolute Gasteiger partial charge is 0.258 e. The molecule has 4 rings (SSSR count). The van der Waals surface area contributed by atoms with Gasteiger partial charge in [-0.1, -0.05) is 62.2 Å². The van der Waals surface area contributed by atoms with E-state index in [1.54, 1.807) is 0 Å². The summed E-state index contributed by atoms with van der Waals surface area (Å²) in [6.45, 7) is 0.657. The number of carbonyl (C=O) groups excluding carboxylic acids is 1. The molecule has 0 spiro atoms. The van der Waals surface area contributed by atoms with Crippen molar-refractivity contribution in [2.45, 2.75) is 12.5 Å². The van der Waals surface area contributed by atoms with Crippen molar-refractivity contribution in [3.05, 3.63) is 105 Å². The molecular formula is C24H20Br2N2O. The van der Waals surface area contributed by atoms with Crippen LogP contribution in [-0.2, 0) is 0 Å². The standard InChI is InChI=1S/C24H20Br2N2O/c25-19-8-6-17(7-9-19)23-16-22(27-21-12-10-20(26)11-13-21)14-15-28(23)24(29)18-4-2-1-3-5-18/h1-13,16,22,27H,14-15H2. The van der Waals surface area contributed by atoms with Gasteiger partial charge >= 0.3 is 0 Å². The normalized spacial score (nSPS) is 16.3. The molecule has 0 saturated heterocycles. The Hall–Kier alpha value is -2.37. The molecule has 1 amide bonds. The zero-order valence-corrected chi connectivity index (χ0v) is 18.9. The minimum Gasteiger partial charge on any atom is -0.379 e. The first-order valence-corrected chi connectivity index (χ1v) is 11.1. The van der Waals surface area contributed by atoms with Crippen LogP contribution in [0.5, 0.6) is 0 Å². The van der Waals surface area contributed by atoms with Crippen molar-refractivity contribution in [2.75, 3.05) is 11.9 Å². The van der Waals surface area contributed by atoms with E-state index in [4.69, 9.17) is 0 Å². The summed E-state index contributed by atoms with van der Waals surface area (Å²) in [5, 5.41) is 3.57. The summed E-state index contributed by atoms with van der Waals surface area (Å²) in [5.74, 6) is 0.0295. The topological polar surface area (TPSA) is 32.3 Å². The lowest BCUT2D eigenvalue weighted by atomic mass is 10.00. The Labute approximate surface area is 187 Å². The molecule has 0 fully saturated rings. The second-order valence-corrected chi connectivity index (χ2v) is 8.76. The van der Waals surface area contributed by atoms with Gasteiger partial charge in [0.2, 0.25) is 0 Å². The van der Waals surface area contributed by atoms with E-state index in [9.17, 15) is 4.79 Å². The molecule has 1 N–H and O–H groups in total. The molecule has 0 aromatic heterocycles. The Morgan fingerprint density at radius 1 is 0.862 bits per heavy atom. The molecule has 3 nitrogen and oxygen atoms in total. The van der Waals surface area contributed by atoms with Crippen LogP contribution >= 0.6 is 31.9 Å². The molecule has 146 valence electrons. The molecule has 1 aliphatic rings. The average Bonchev–Trinajstić information content (AvgIpc) is 2.76. The van der Waals surface area contributed by atoms with Gasteiger partial charge in [0, 0.05) is 38.5 Å². The lowest BCUT2D eigenvalue weighted by Gasteiger charge is -2.33. The quantitative estimate of drug-likeness (QED) is 0.429. The third kappa shape index (κ3) is 4.80. The fourth-order valence-corrected chi connectivity index (χ4v) is 3.98. The van der Waals surface area contributed by atoms with Gasteiger partial charge in [-0.3, -0.25) is 4.79 Å². The molecular weight excluding hydrogens is 492 g/mol. The molecule has 5 heteroatoms. The zero-order valence-electron chi connectivity index (χ0n) is 15.7. The highest BCUT2D eigenvalue weighted by atomic mass is 79.9. The third-order valence-electron chi connectivity index (χ3n) is 4.92. The molecule has 29 heavy (non-hydrogen) atoms. The molecule has 3 aromatic carbocycles. The maximum atomic E-state index is 13.2. The first-order valence-electron chi connectivity index (χ1n) is 9.47. The minimum absolute atomic E-state index is 0.0295. The van der Waals surface area contributed by atoms with Gasteiger partial charge in [-0.15, -0.1) is 0 Å². The van der Waals surface area contributed by atoms with Crippen LogP contribution in [0.25, 0.3) is 5.70 Å². The van der Waals surface area contributed by atoms with Crippen molar-refractivity contribution in [3.8, 4) is 0 Å². The van der Waals surface area contributed by atoms with Crippen molar-refractivity contribution in [1.29, 1.82) is 0 Å². The second kappa shape index (κ2) is 8.97. The molecule has 1 atom stereocenters. The maximum Gasteiger partial charge on any atom is 0.258 e. The largest absolute Gasteiger partial charge is 0.379 e. The van der Waals surface area contributed by atoms with Crippen LogP contribution in [0.1, 0.15) is 22.3 Å². The number of rotatable bonds is 4. The summed E-state index contributed by atoms with van der Waals surface area (Å²) in [6.07, 6.45) is 3.00. The molecule has 1 aliphatic heterocycles. The fraction of sp³-hybridized carbons (Fsp3) is 0.125. The fourth-order valence-electron chi connectivity index (χ4n) is 3.45. The molecule has 0 radical (unpaired) electrons. The van der Waals surface area contributed by atoms with E-state index >= 15 is 0 Å². The van der Waals surface area contributed by atoms with Gasteiger partial charge < -0.3 is 10.2 Å². The highest BCUT2D eigenvalue weighted by molar-refractivity contribution is 9.10.